The molecule has 0 aliphatic rings. The number of hydrogen-bond acceptors (Lipinski definition) is 3. The Hall–Kier alpha value is -2.55. The van der Waals surface area contributed by atoms with E-state index >= 15 is 0 Å². The molecule has 23 heavy (non-hydrogen) atoms. The summed E-state index contributed by atoms with van der Waals surface area (Å²) in [6.45, 7) is 3.62. The smallest absolute Gasteiger partial charge is 0.306 e. The Balaban J connectivity index is 2.52. The molecule has 0 aromatic heterocycles. The molecular formula is C14H16N6OSi2. The van der Waals surface area contributed by atoms with E-state index in [2.05, 4.69) is 19.4 Å². The van der Waals surface area contributed by atoms with Crippen LogP contribution in [0.5, 0.6) is 0 Å². The number of hydrogen-bond donors (Lipinski definition) is 0. The van der Waals surface area contributed by atoms with Crippen molar-refractivity contribution in [3.63, 3.8) is 0 Å². The minimum Gasteiger partial charge on any atom is -0.442 e. The monoisotopic (exact) mass is 340 g/mol. The minimum atomic E-state index is -2.98. The van der Waals surface area contributed by atoms with Gasteiger partial charge in [-0.15, -0.1) is 0 Å². The molecule has 0 aliphatic carbocycles. The third kappa shape index (κ3) is 3.81. The average Bonchev–Trinajstić information content (AvgIpc) is 2.57. The molecule has 0 fully saturated rings. The van der Waals surface area contributed by atoms with Crippen molar-refractivity contribution in [2.45, 2.75) is 13.1 Å². The van der Waals surface area contributed by atoms with Gasteiger partial charge in [0.15, 0.2) is 0 Å². The van der Waals surface area contributed by atoms with Crippen LogP contribution in [0.2, 0.25) is 13.1 Å². The molecule has 2 unspecified atom stereocenters. The van der Waals surface area contributed by atoms with Crippen molar-refractivity contribution < 1.29 is 4.12 Å². The van der Waals surface area contributed by atoms with Crippen LogP contribution in [0.1, 0.15) is 0 Å². The van der Waals surface area contributed by atoms with Crippen molar-refractivity contribution in [2.75, 3.05) is 0 Å². The van der Waals surface area contributed by atoms with Gasteiger partial charge in [-0.3, -0.25) is 0 Å². The fourth-order valence-corrected chi connectivity index (χ4v) is 8.89. The molecule has 0 bridgehead atoms. The predicted octanol–water partition coefficient (Wildman–Crippen LogP) is 3.58. The van der Waals surface area contributed by atoms with Crippen molar-refractivity contribution in [3.8, 4) is 0 Å². The van der Waals surface area contributed by atoms with Crippen LogP contribution in [0.3, 0.4) is 0 Å². The van der Waals surface area contributed by atoms with E-state index in [1.165, 1.54) is 0 Å². The largest absolute Gasteiger partial charge is 0.442 e. The zero-order chi connectivity index (χ0) is 16.8. The Labute approximate surface area is 136 Å². The molecular weight excluding hydrogens is 324 g/mol. The molecule has 2 aromatic carbocycles. The summed E-state index contributed by atoms with van der Waals surface area (Å²) in [4.78, 5) is 5.94. The van der Waals surface area contributed by atoms with Crippen molar-refractivity contribution in [2.24, 2.45) is 9.56 Å². The number of nitrogens with zero attached hydrogens (tertiary/aromatic N) is 6. The Bertz CT molecular complexity index is 696. The molecule has 7 nitrogen and oxygen atoms in total. The third-order valence-corrected chi connectivity index (χ3v) is 10.4. The summed E-state index contributed by atoms with van der Waals surface area (Å²) >= 11 is 0. The van der Waals surface area contributed by atoms with Crippen LogP contribution < -0.4 is 10.4 Å². The van der Waals surface area contributed by atoms with Gasteiger partial charge in [-0.1, -0.05) is 70.2 Å². The summed E-state index contributed by atoms with van der Waals surface area (Å²) < 4.78 is 14.3. The van der Waals surface area contributed by atoms with Gasteiger partial charge in [-0.25, -0.2) is 0 Å². The van der Waals surface area contributed by atoms with Crippen molar-refractivity contribution in [1.82, 2.24) is 0 Å². The van der Waals surface area contributed by atoms with E-state index in [4.69, 9.17) is 15.2 Å². The zero-order valence-electron chi connectivity index (χ0n) is 12.9. The van der Waals surface area contributed by atoms with Gasteiger partial charge in [0.05, 0.1) is 0 Å². The Kier molecular flexibility index (Phi) is 5.22. The van der Waals surface area contributed by atoms with Gasteiger partial charge in [-0.2, -0.15) is 0 Å². The van der Waals surface area contributed by atoms with Gasteiger partial charge in [0.25, 0.3) is 0 Å². The van der Waals surface area contributed by atoms with E-state index in [9.17, 15) is 0 Å². The van der Waals surface area contributed by atoms with Crippen LogP contribution in [0.15, 0.2) is 70.2 Å². The summed E-state index contributed by atoms with van der Waals surface area (Å²) in [6, 6.07) is 18.7. The molecule has 9 heteroatoms. The molecule has 0 heterocycles. The first kappa shape index (κ1) is 16.8. The minimum absolute atomic E-state index is 0.834. The molecule has 0 saturated carbocycles. The van der Waals surface area contributed by atoms with E-state index in [0.29, 0.717) is 0 Å². The Morgan fingerprint density at radius 1 is 0.739 bits per heavy atom. The van der Waals surface area contributed by atoms with E-state index < -0.39 is 17.0 Å². The lowest BCUT2D eigenvalue weighted by Crippen LogP contribution is -2.58. The lowest BCUT2D eigenvalue weighted by atomic mass is 10.4. The van der Waals surface area contributed by atoms with Gasteiger partial charge in [0, 0.05) is 9.82 Å². The molecule has 0 N–H and O–H groups in total. The molecule has 2 rings (SSSR count). The second-order valence-electron chi connectivity index (χ2n) is 5.18. The van der Waals surface area contributed by atoms with Crippen LogP contribution in [0, 0.1) is 0 Å². The van der Waals surface area contributed by atoms with Crippen LogP contribution in [0.25, 0.3) is 20.9 Å². The summed E-state index contributed by atoms with van der Waals surface area (Å²) in [6.07, 6.45) is 0. The first-order valence-electron chi connectivity index (χ1n) is 6.98. The highest BCUT2D eigenvalue weighted by Crippen LogP contribution is 2.18. The van der Waals surface area contributed by atoms with E-state index in [1.807, 2.05) is 73.8 Å². The number of benzene rings is 2. The normalized spacial score (nSPS) is 15.4. The number of azide groups is 2. The molecule has 0 amide bonds. The molecule has 0 spiro atoms. The molecule has 0 radical (unpaired) electrons. The average molecular weight is 340 g/mol. The Morgan fingerprint density at radius 2 is 1.09 bits per heavy atom. The highest BCUT2D eigenvalue weighted by Gasteiger charge is 2.42. The summed E-state index contributed by atoms with van der Waals surface area (Å²) in [5.41, 5.74) is 18.0. The van der Waals surface area contributed by atoms with Crippen LogP contribution >= 0.6 is 0 Å². The fraction of sp³-hybridized carbons (Fsp3) is 0.143. The van der Waals surface area contributed by atoms with Crippen molar-refractivity contribution >= 4 is 27.3 Å². The second-order valence-corrected chi connectivity index (χ2v) is 11.5. The van der Waals surface area contributed by atoms with Crippen LogP contribution in [-0.4, -0.2) is 17.0 Å². The van der Waals surface area contributed by atoms with Crippen LogP contribution in [-0.2, 0) is 4.12 Å². The van der Waals surface area contributed by atoms with Gasteiger partial charge < -0.3 is 4.12 Å². The molecule has 0 saturated heterocycles. The van der Waals surface area contributed by atoms with Gasteiger partial charge in [0.2, 0.25) is 0 Å². The van der Waals surface area contributed by atoms with E-state index in [0.717, 1.165) is 10.4 Å². The maximum absolute atomic E-state index is 8.99. The maximum Gasteiger partial charge on any atom is 0.306 e. The van der Waals surface area contributed by atoms with Crippen molar-refractivity contribution in [3.05, 3.63) is 81.5 Å². The third-order valence-electron chi connectivity index (χ3n) is 3.49. The predicted molar refractivity (Wildman–Crippen MR) is 94.8 cm³/mol. The Morgan fingerprint density at radius 3 is 1.39 bits per heavy atom. The van der Waals surface area contributed by atoms with E-state index in [-0.39, 0.29) is 0 Å². The molecule has 2 atom stereocenters. The van der Waals surface area contributed by atoms with E-state index in [1.54, 1.807) is 0 Å². The SMILES string of the molecule is C[Si](N=[N+]=[N-])(O[Si](C)(N=[N+]=[N-])c1ccccc1)c1ccccc1. The molecule has 0 aliphatic heterocycles. The van der Waals surface area contributed by atoms with Gasteiger partial charge in [-0.05, 0) is 34.5 Å². The van der Waals surface area contributed by atoms with Crippen LogP contribution in [0.4, 0.5) is 0 Å². The second kappa shape index (κ2) is 7.14. The molecule has 116 valence electrons. The topological polar surface area (TPSA) is 107 Å². The highest BCUT2D eigenvalue weighted by atomic mass is 28.4. The first-order valence-corrected chi connectivity index (χ1v) is 11.7. The highest BCUT2D eigenvalue weighted by molar-refractivity contribution is 6.96. The van der Waals surface area contributed by atoms with Gasteiger partial charge >= 0.3 is 17.0 Å². The maximum atomic E-state index is 8.99. The lowest BCUT2D eigenvalue weighted by molar-refractivity contribution is 0.559. The first-order chi connectivity index (χ1) is 11.0. The number of rotatable bonds is 6. The quantitative estimate of drug-likeness (QED) is 0.341. The lowest BCUT2D eigenvalue weighted by Gasteiger charge is -2.32. The summed E-state index contributed by atoms with van der Waals surface area (Å²) in [5, 5.41) is 1.67. The van der Waals surface area contributed by atoms with Crippen molar-refractivity contribution in [1.29, 1.82) is 0 Å². The molecule has 2 aromatic rings. The standard InChI is InChI=1S/C14H16N6OSi2/c1-22(19-17-15,13-9-5-3-6-10-13)21-23(2,20-18-16)14-11-7-4-8-12-14/h3-12H,1-2H3. The zero-order valence-corrected chi connectivity index (χ0v) is 14.9. The van der Waals surface area contributed by atoms with Gasteiger partial charge in [0.1, 0.15) is 0 Å². The fourth-order valence-electron chi connectivity index (χ4n) is 2.33. The summed E-state index contributed by atoms with van der Waals surface area (Å²) in [7, 11) is -5.95. The summed E-state index contributed by atoms with van der Waals surface area (Å²) in [5.74, 6) is 0.